The van der Waals surface area contributed by atoms with Gasteiger partial charge in [0.05, 0.1) is 23.4 Å². The van der Waals surface area contributed by atoms with Gasteiger partial charge in [-0.2, -0.15) is 10.2 Å². The van der Waals surface area contributed by atoms with Gasteiger partial charge in [-0.25, -0.2) is 49.8 Å². The number of hydrogen-bond acceptors (Lipinski definition) is 14. The van der Waals surface area contributed by atoms with Crippen molar-refractivity contribution in [2.45, 2.75) is 33.6 Å². The normalized spacial score (nSPS) is 12.1. The molecule has 0 atom stereocenters. The predicted molar refractivity (Wildman–Crippen MR) is 262 cm³/mol. The van der Waals surface area contributed by atoms with E-state index < -0.39 is 0 Å². The molecule has 0 saturated carbocycles. The molecule has 10 heterocycles. The van der Waals surface area contributed by atoms with Gasteiger partial charge in [-0.05, 0) is 101 Å². The molecule has 0 unspecified atom stereocenters. The molecule has 2 aliphatic rings. The third kappa shape index (κ3) is 10.2. The van der Waals surface area contributed by atoms with E-state index in [9.17, 15) is 0 Å². The van der Waals surface area contributed by atoms with Crippen LogP contribution in [-0.4, -0.2) is 70.2 Å². The Morgan fingerprint density at radius 2 is 1.00 bits per heavy atom. The van der Waals surface area contributed by atoms with E-state index in [0.717, 1.165) is 55.2 Å². The SMILES string of the molecule is C.C#Cc1ccc2[nH]ncc2c1.Clc1cc2c(cn1)CN(c1nccc(-c3nccc(C#Cc4ccc5[nH]ncc5c4)n3)n1)C2.Clc1cc2c(cn1)CN(c1nccc(-c3nccc(Cl)n3)n1)C2. The number of benzene rings is 2. The van der Waals surface area contributed by atoms with E-state index in [1.807, 2.05) is 48.5 Å². The van der Waals surface area contributed by atoms with Gasteiger partial charge in [-0.15, -0.1) is 6.42 Å². The van der Waals surface area contributed by atoms with Gasteiger partial charge in [-0.1, -0.05) is 54.1 Å². The van der Waals surface area contributed by atoms with E-state index >= 15 is 0 Å². The molecule has 0 aliphatic carbocycles. The minimum atomic E-state index is 0. The van der Waals surface area contributed by atoms with E-state index in [2.05, 4.69) is 92.8 Å². The maximum atomic E-state index is 6.03. The second-order valence-electron chi connectivity index (χ2n) is 15.0. The lowest BCUT2D eigenvalue weighted by Crippen LogP contribution is -2.17. The number of aromatic amines is 2. The number of terminal acetylenes is 1. The summed E-state index contributed by atoms with van der Waals surface area (Å²) in [5.74, 6) is 11.0. The smallest absolute Gasteiger partial charge is 0.226 e. The molecule has 2 N–H and O–H groups in total. The topological polar surface area (TPSA) is 193 Å². The van der Waals surface area contributed by atoms with Gasteiger partial charge in [0.25, 0.3) is 0 Å². The van der Waals surface area contributed by atoms with Crippen molar-refractivity contribution in [1.82, 2.24) is 70.2 Å². The molecule has 0 saturated heterocycles. The number of pyridine rings is 2. The van der Waals surface area contributed by atoms with Gasteiger partial charge in [0.15, 0.2) is 11.6 Å². The van der Waals surface area contributed by atoms with Crippen molar-refractivity contribution >= 4 is 68.5 Å². The lowest BCUT2D eigenvalue weighted by molar-refractivity contribution is 0.827. The Hall–Kier alpha value is -8.41. The van der Waals surface area contributed by atoms with Crippen LogP contribution < -0.4 is 9.80 Å². The van der Waals surface area contributed by atoms with E-state index in [1.54, 1.807) is 73.8 Å². The molecule has 332 valence electrons. The number of aromatic nitrogens is 14. The zero-order chi connectivity index (χ0) is 45.7. The second-order valence-corrected chi connectivity index (χ2v) is 16.1. The van der Waals surface area contributed by atoms with Crippen molar-refractivity contribution < 1.29 is 0 Å². The molecule has 0 bridgehead atoms. The fraction of sp³-hybridized carbons (Fsp3) is 0.102. The zero-order valence-corrected chi connectivity index (χ0v) is 37.1. The van der Waals surface area contributed by atoms with Crippen LogP contribution in [0.5, 0.6) is 0 Å². The molecule has 0 amide bonds. The number of halogens is 3. The van der Waals surface area contributed by atoms with Crippen LogP contribution in [0.15, 0.2) is 122 Å². The summed E-state index contributed by atoms with van der Waals surface area (Å²) in [6, 6.07) is 22.4. The maximum Gasteiger partial charge on any atom is 0.226 e. The average molecular weight is 954 g/mol. The van der Waals surface area contributed by atoms with Crippen LogP contribution in [0.4, 0.5) is 11.9 Å². The number of fused-ring (bicyclic) bond motifs is 4. The predicted octanol–water partition coefficient (Wildman–Crippen LogP) is 9.11. The first-order chi connectivity index (χ1) is 32.8. The van der Waals surface area contributed by atoms with Crippen molar-refractivity contribution in [3.8, 4) is 47.2 Å². The van der Waals surface area contributed by atoms with Gasteiger partial charge in [0, 0.05) is 85.3 Å². The van der Waals surface area contributed by atoms with Gasteiger partial charge >= 0.3 is 0 Å². The van der Waals surface area contributed by atoms with Crippen molar-refractivity contribution in [1.29, 1.82) is 0 Å². The molecule has 2 aliphatic heterocycles. The van der Waals surface area contributed by atoms with Crippen molar-refractivity contribution in [2.24, 2.45) is 0 Å². The van der Waals surface area contributed by atoms with Crippen LogP contribution in [0.1, 0.15) is 46.5 Å². The number of nitrogens with one attached hydrogen (secondary N) is 2. The molecular weight excluding hydrogens is 919 g/mol. The quantitative estimate of drug-likeness (QED) is 0.0964. The summed E-state index contributed by atoms with van der Waals surface area (Å²) < 4.78 is 0. The molecule has 0 spiro atoms. The van der Waals surface area contributed by atoms with E-state index in [1.165, 1.54) is 0 Å². The van der Waals surface area contributed by atoms with Gasteiger partial charge < -0.3 is 9.80 Å². The lowest BCUT2D eigenvalue weighted by atomic mass is 10.1. The van der Waals surface area contributed by atoms with Crippen LogP contribution in [0, 0.1) is 24.2 Å². The van der Waals surface area contributed by atoms with Crippen LogP contribution in [0.25, 0.3) is 44.8 Å². The Bertz CT molecular complexity index is 3560. The summed E-state index contributed by atoms with van der Waals surface area (Å²) in [7, 11) is 0. The summed E-state index contributed by atoms with van der Waals surface area (Å²) in [4.78, 5) is 47.8. The molecule has 68 heavy (non-hydrogen) atoms. The third-order valence-electron chi connectivity index (χ3n) is 10.5. The zero-order valence-electron chi connectivity index (χ0n) is 34.8. The summed E-state index contributed by atoms with van der Waals surface area (Å²) in [6.07, 6.45) is 19.1. The fourth-order valence-corrected chi connectivity index (χ4v) is 7.74. The number of anilines is 2. The molecule has 12 rings (SSSR count). The molecule has 0 radical (unpaired) electrons. The second kappa shape index (κ2) is 20.0. The fourth-order valence-electron chi connectivity index (χ4n) is 7.24. The molecule has 16 nitrogen and oxygen atoms in total. The highest BCUT2D eigenvalue weighted by Crippen LogP contribution is 2.29. The highest BCUT2D eigenvalue weighted by molar-refractivity contribution is 6.30. The van der Waals surface area contributed by atoms with Crippen LogP contribution >= 0.6 is 34.8 Å². The average Bonchev–Trinajstić information content (AvgIpc) is 4.20. The van der Waals surface area contributed by atoms with Gasteiger partial charge in [0.1, 0.15) is 32.5 Å². The summed E-state index contributed by atoms with van der Waals surface area (Å²) in [5, 5.41) is 17.1. The Labute approximate surface area is 404 Å². The molecule has 0 fully saturated rings. The minimum Gasteiger partial charge on any atom is -0.332 e. The Balaban J connectivity index is 0.000000142. The highest BCUT2D eigenvalue weighted by atomic mass is 35.5. The van der Waals surface area contributed by atoms with Crippen LogP contribution in [-0.2, 0) is 26.2 Å². The highest BCUT2D eigenvalue weighted by Gasteiger charge is 2.24. The number of hydrogen-bond donors (Lipinski definition) is 2. The van der Waals surface area contributed by atoms with Crippen molar-refractivity contribution in [3.63, 3.8) is 0 Å². The monoisotopic (exact) mass is 952 g/mol. The van der Waals surface area contributed by atoms with Crippen LogP contribution in [0.3, 0.4) is 0 Å². The van der Waals surface area contributed by atoms with Gasteiger partial charge in [0.2, 0.25) is 11.9 Å². The van der Waals surface area contributed by atoms with E-state index in [4.69, 9.17) is 46.2 Å². The molecule has 2 aromatic carbocycles. The summed E-state index contributed by atoms with van der Waals surface area (Å²) in [6.45, 7) is 2.74. The summed E-state index contributed by atoms with van der Waals surface area (Å²) in [5.41, 5.74) is 10.2. The molecule has 10 aromatic rings. The third-order valence-corrected chi connectivity index (χ3v) is 11.1. The van der Waals surface area contributed by atoms with Crippen molar-refractivity contribution in [2.75, 3.05) is 9.80 Å². The lowest BCUT2D eigenvalue weighted by Gasteiger charge is -2.15. The Morgan fingerprint density at radius 3 is 1.57 bits per heavy atom. The molecule has 19 heteroatoms. The van der Waals surface area contributed by atoms with E-state index in [0.29, 0.717) is 82.3 Å². The summed E-state index contributed by atoms with van der Waals surface area (Å²) >= 11 is 17.9. The van der Waals surface area contributed by atoms with Crippen molar-refractivity contribution in [3.05, 3.63) is 177 Å². The number of rotatable bonds is 4. The minimum absolute atomic E-state index is 0. The van der Waals surface area contributed by atoms with Gasteiger partial charge in [-0.3, -0.25) is 10.2 Å². The van der Waals surface area contributed by atoms with Crippen LogP contribution in [0.2, 0.25) is 15.5 Å². The number of H-pyrrole nitrogens is 2. The largest absolute Gasteiger partial charge is 0.332 e. The molecular formula is C49H35Cl3N16. The Morgan fingerprint density at radius 1 is 0.485 bits per heavy atom. The Kier molecular flexibility index (Phi) is 13.2. The standard InChI is InChI=1S/C24H15ClN8.C15H10Cl2N6.C9H6N2.CH4/c25-22-10-17-13-33(14-18(17)11-28-22)24-27-8-6-21(31-24)23-26-7-5-19(30-23)3-1-15-2-4-20-16(9-15)12-29-32-20;16-12-2-4-18-14(22-12)11-1-3-19-15(21-11)23-7-9-5-13(17)20-6-10(9)8-23;1-2-7-3-4-9-8(5-7)6-10-11-9;/h2,4-12H,13-14H2,(H,29,32);1-6H,7-8H2;1,3-6H,(H,10,11);1H4. The first-order valence-electron chi connectivity index (χ1n) is 20.4. The molecule has 8 aromatic heterocycles. The first kappa shape index (κ1) is 44.8. The van der Waals surface area contributed by atoms with E-state index in [-0.39, 0.29) is 7.43 Å². The number of nitrogens with zero attached hydrogens (tertiary/aromatic N) is 14. The maximum absolute atomic E-state index is 6.03. The first-order valence-corrected chi connectivity index (χ1v) is 21.5.